The largest absolute Gasteiger partial charge is 0.507 e. The lowest BCUT2D eigenvalue weighted by atomic mass is 9.86. The molecule has 2 aromatic carbocycles. The molecule has 3 aromatic rings. The summed E-state index contributed by atoms with van der Waals surface area (Å²) in [5.74, 6) is 0.0754. The summed E-state index contributed by atoms with van der Waals surface area (Å²) in [5.41, 5.74) is 7.95. The number of amides is 1. The van der Waals surface area contributed by atoms with Crippen LogP contribution >= 0.6 is 0 Å². The molecule has 0 saturated carbocycles. The summed E-state index contributed by atoms with van der Waals surface area (Å²) < 4.78 is 8.32. The smallest absolute Gasteiger partial charge is 0.337 e. The third-order valence-corrected chi connectivity index (χ3v) is 7.02. The number of carbonyl (C=O) groups is 1. The quantitative estimate of drug-likeness (QED) is 0.531. The van der Waals surface area contributed by atoms with Gasteiger partial charge in [-0.15, -0.1) is 0 Å². The van der Waals surface area contributed by atoms with Crippen molar-refractivity contribution in [1.29, 1.82) is 0 Å². The van der Waals surface area contributed by atoms with Crippen LogP contribution in [-0.2, 0) is 18.3 Å². The van der Waals surface area contributed by atoms with Gasteiger partial charge in [0, 0.05) is 19.0 Å². The van der Waals surface area contributed by atoms with Crippen LogP contribution < -0.4 is 27.0 Å². The molecule has 9 nitrogen and oxygen atoms in total. The van der Waals surface area contributed by atoms with Crippen molar-refractivity contribution in [1.82, 2.24) is 9.13 Å². The number of nitrogens with one attached hydrogen (secondary N) is 1. The van der Waals surface area contributed by atoms with Crippen molar-refractivity contribution in [2.24, 2.45) is 7.05 Å². The number of rotatable bonds is 3. The molecule has 0 aliphatic carbocycles. The summed E-state index contributed by atoms with van der Waals surface area (Å²) in [6.07, 6.45) is 0.836. The maximum atomic E-state index is 13.5. The lowest BCUT2D eigenvalue weighted by molar-refractivity contribution is -0.131. The van der Waals surface area contributed by atoms with Crippen molar-refractivity contribution in [3.63, 3.8) is 0 Å². The monoisotopic (exact) mass is 478 g/mol. The number of aryl methyl sites for hydroxylation is 1. The van der Waals surface area contributed by atoms with Crippen LogP contribution in [0.15, 0.2) is 33.9 Å². The molecule has 0 fully saturated rings. The van der Waals surface area contributed by atoms with E-state index in [9.17, 15) is 19.5 Å². The van der Waals surface area contributed by atoms with Gasteiger partial charge in [0.1, 0.15) is 23.0 Å². The second kappa shape index (κ2) is 8.33. The highest BCUT2D eigenvalue weighted by Crippen LogP contribution is 2.43. The molecular formula is C26H30N4O5. The Hall–Kier alpha value is -4.01. The number of hydrogen-bond acceptors (Lipinski definition) is 6. The van der Waals surface area contributed by atoms with Gasteiger partial charge in [-0.25, -0.2) is 9.36 Å². The number of fused-ring (bicyclic) bond motifs is 1. The van der Waals surface area contributed by atoms with E-state index in [1.165, 1.54) is 11.6 Å². The van der Waals surface area contributed by atoms with Gasteiger partial charge in [-0.3, -0.25) is 14.2 Å². The van der Waals surface area contributed by atoms with E-state index in [1.54, 1.807) is 26.0 Å². The van der Waals surface area contributed by atoms with E-state index in [-0.39, 0.29) is 17.3 Å². The minimum absolute atomic E-state index is 0.164. The average molecular weight is 479 g/mol. The predicted octanol–water partition coefficient (Wildman–Crippen LogP) is 2.78. The van der Waals surface area contributed by atoms with Gasteiger partial charge in [-0.05, 0) is 69.9 Å². The van der Waals surface area contributed by atoms with E-state index in [4.69, 9.17) is 10.5 Å². The SMILES string of the molecule is Cc1ccc(-n2c(N)c(NC(=O)C3(C)CCc4c(C)c(O)c(C)c(C)c4O3)c(=O)n(C)c2=O)cc1. The summed E-state index contributed by atoms with van der Waals surface area (Å²) in [7, 11) is 1.33. The molecule has 1 unspecified atom stereocenters. The highest BCUT2D eigenvalue weighted by molar-refractivity contribution is 5.99. The molecule has 0 radical (unpaired) electrons. The van der Waals surface area contributed by atoms with Crippen LogP contribution in [0.5, 0.6) is 11.5 Å². The van der Waals surface area contributed by atoms with Crippen LogP contribution in [0.3, 0.4) is 0 Å². The average Bonchev–Trinajstić information content (AvgIpc) is 2.83. The van der Waals surface area contributed by atoms with Crippen LogP contribution in [0.4, 0.5) is 11.5 Å². The Balaban J connectivity index is 1.75. The maximum absolute atomic E-state index is 13.5. The van der Waals surface area contributed by atoms with Crippen molar-refractivity contribution >= 4 is 17.4 Å². The fourth-order valence-corrected chi connectivity index (χ4v) is 4.44. The molecule has 184 valence electrons. The number of anilines is 2. The number of nitrogens with zero attached hydrogens (tertiary/aromatic N) is 2. The zero-order chi connectivity index (χ0) is 25.8. The Morgan fingerprint density at radius 2 is 1.71 bits per heavy atom. The summed E-state index contributed by atoms with van der Waals surface area (Å²) in [5, 5.41) is 13.0. The minimum atomic E-state index is -1.30. The zero-order valence-electron chi connectivity index (χ0n) is 20.8. The van der Waals surface area contributed by atoms with Crippen molar-refractivity contribution in [3.05, 3.63) is 72.9 Å². The van der Waals surface area contributed by atoms with E-state index in [0.717, 1.165) is 26.8 Å². The molecule has 1 aliphatic heterocycles. The highest BCUT2D eigenvalue weighted by atomic mass is 16.5. The van der Waals surface area contributed by atoms with Gasteiger partial charge < -0.3 is 20.9 Å². The lowest BCUT2D eigenvalue weighted by Crippen LogP contribution is -2.50. The predicted molar refractivity (Wildman–Crippen MR) is 135 cm³/mol. The molecule has 1 aliphatic rings. The standard InChI is InChI=1S/C26H30N4O5/c1-13-7-9-17(10-8-13)30-22(27)19(23(32)29(6)25(30)34)28-24(33)26(5)12-11-18-16(4)20(31)14(2)15(3)21(18)35-26/h7-10,31H,11-12,27H2,1-6H3,(H,28,33). The second-order valence-corrected chi connectivity index (χ2v) is 9.40. The Morgan fingerprint density at radius 3 is 2.34 bits per heavy atom. The fraction of sp³-hybridized carbons (Fsp3) is 0.346. The van der Waals surface area contributed by atoms with E-state index < -0.39 is 22.8 Å². The van der Waals surface area contributed by atoms with Crippen molar-refractivity contribution < 1.29 is 14.6 Å². The number of nitrogen functional groups attached to an aromatic ring is 1. The Kier molecular flexibility index (Phi) is 5.75. The van der Waals surface area contributed by atoms with E-state index in [1.807, 2.05) is 32.9 Å². The van der Waals surface area contributed by atoms with Gasteiger partial charge in [0.25, 0.3) is 11.5 Å². The summed E-state index contributed by atoms with van der Waals surface area (Å²) in [6.45, 7) is 9.02. The molecule has 4 N–H and O–H groups in total. The first kappa shape index (κ1) is 24.1. The highest BCUT2D eigenvalue weighted by Gasteiger charge is 2.41. The molecule has 1 atom stereocenters. The third kappa shape index (κ3) is 3.77. The van der Waals surface area contributed by atoms with Gasteiger partial charge in [-0.2, -0.15) is 0 Å². The number of phenols is 1. The number of ether oxygens (including phenoxy) is 1. The normalized spacial score (nSPS) is 17.0. The molecule has 0 saturated heterocycles. The zero-order valence-corrected chi connectivity index (χ0v) is 20.8. The molecular weight excluding hydrogens is 448 g/mol. The van der Waals surface area contributed by atoms with Crippen molar-refractivity contribution in [3.8, 4) is 17.2 Å². The molecule has 1 aromatic heterocycles. The van der Waals surface area contributed by atoms with E-state index in [2.05, 4.69) is 5.32 Å². The van der Waals surface area contributed by atoms with Crippen molar-refractivity contribution in [2.45, 2.75) is 53.1 Å². The molecule has 0 spiro atoms. The van der Waals surface area contributed by atoms with Gasteiger partial charge in [-0.1, -0.05) is 17.7 Å². The Labute approximate surface area is 202 Å². The molecule has 2 heterocycles. The van der Waals surface area contributed by atoms with Crippen LogP contribution in [0.1, 0.15) is 41.2 Å². The van der Waals surface area contributed by atoms with Crippen LogP contribution in [-0.4, -0.2) is 25.7 Å². The topological polar surface area (TPSA) is 129 Å². The third-order valence-electron chi connectivity index (χ3n) is 7.02. The van der Waals surface area contributed by atoms with Gasteiger partial charge in [0.2, 0.25) is 0 Å². The van der Waals surface area contributed by atoms with Crippen LogP contribution in [0, 0.1) is 27.7 Å². The first-order valence-corrected chi connectivity index (χ1v) is 11.4. The first-order valence-electron chi connectivity index (χ1n) is 11.4. The number of carbonyl (C=O) groups excluding carboxylic acids is 1. The second-order valence-electron chi connectivity index (χ2n) is 9.40. The van der Waals surface area contributed by atoms with Gasteiger partial charge in [0.05, 0.1) is 5.69 Å². The summed E-state index contributed by atoms with van der Waals surface area (Å²) >= 11 is 0. The van der Waals surface area contributed by atoms with E-state index in [0.29, 0.717) is 29.8 Å². The Morgan fingerprint density at radius 1 is 1.09 bits per heavy atom. The van der Waals surface area contributed by atoms with Crippen molar-refractivity contribution in [2.75, 3.05) is 11.1 Å². The van der Waals surface area contributed by atoms with E-state index >= 15 is 0 Å². The summed E-state index contributed by atoms with van der Waals surface area (Å²) in [6, 6.07) is 7.08. The number of nitrogens with two attached hydrogens (primary N) is 1. The Bertz CT molecular complexity index is 1480. The van der Waals surface area contributed by atoms with Gasteiger partial charge in [0.15, 0.2) is 5.60 Å². The molecule has 9 heteroatoms. The number of benzene rings is 2. The van der Waals surface area contributed by atoms with Gasteiger partial charge >= 0.3 is 5.69 Å². The summed E-state index contributed by atoms with van der Waals surface area (Å²) in [4.78, 5) is 39.3. The molecule has 35 heavy (non-hydrogen) atoms. The van der Waals surface area contributed by atoms with Crippen LogP contribution in [0.25, 0.3) is 5.69 Å². The first-order chi connectivity index (χ1) is 16.4. The molecule has 4 rings (SSSR count). The number of aromatic hydroxyl groups is 1. The molecule has 1 amide bonds. The maximum Gasteiger partial charge on any atom is 0.337 e. The number of phenolic OH excluding ortho intramolecular Hbond substituents is 1. The van der Waals surface area contributed by atoms with Crippen LogP contribution in [0.2, 0.25) is 0 Å². The number of hydrogen-bond donors (Lipinski definition) is 3. The lowest BCUT2D eigenvalue weighted by Gasteiger charge is -2.36. The fourth-order valence-electron chi connectivity index (χ4n) is 4.44. The number of aromatic nitrogens is 2. The minimum Gasteiger partial charge on any atom is -0.507 e. The molecule has 0 bridgehead atoms.